The van der Waals surface area contributed by atoms with Crippen molar-refractivity contribution in [3.8, 4) is 0 Å². The van der Waals surface area contributed by atoms with Gasteiger partial charge < -0.3 is 10.1 Å². The van der Waals surface area contributed by atoms with Crippen LogP contribution < -0.4 is 5.32 Å². The molecule has 0 aromatic carbocycles. The van der Waals surface area contributed by atoms with E-state index in [4.69, 9.17) is 4.74 Å². The smallest absolute Gasteiger partial charge is 0.407 e. The van der Waals surface area contributed by atoms with Crippen LogP contribution in [0.1, 0.15) is 27.2 Å². The summed E-state index contributed by atoms with van der Waals surface area (Å²) < 4.78 is 5.26. The number of hydrogen-bond acceptors (Lipinski definition) is 3. The topological polar surface area (TPSA) is 41.6 Å². The van der Waals surface area contributed by atoms with Crippen molar-refractivity contribution in [2.24, 2.45) is 0 Å². The van der Waals surface area contributed by atoms with Gasteiger partial charge in [0.05, 0.1) is 6.54 Å². The highest BCUT2D eigenvalue weighted by molar-refractivity contribution is 5.70. The number of hydrogen-bond donors (Lipinski definition) is 1. The van der Waals surface area contributed by atoms with E-state index in [9.17, 15) is 4.79 Å². The Morgan fingerprint density at radius 3 is 2.57 bits per heavy atom. The maximum Gasteiger partial charge on any atom is 0.407 e. The largest absolute Gasteiger partial charge is 0.440 e. The molecular weight excluding hydrogens is 180 g/mol. The number of carbonyl (C=O) groups is 1. The molecular formula is C10H20N2O2. The van der Waals surface area contributed by atoms with Crippen molar-refractivity contribution in [2.45, 2.75) is 38.8 Å². The second kappa shape index (κ2) is 4.17. The average molecular weight is 200 g/mol. The third-order valence-electron chi connectivity index (χ3n) is 2.82. The molecule has 4 nitrogen and oxygen atoms in total. The summed E-state index contributed by atoms with van der Waals surface area (Å²) in [5, 5.41) is 2.71. The van der Waals surface area contributed by atoms with Crippen LogP contribution in [0.5, 0.6) is 0 Å². The molecule has 0 bridgehead atoms. The zero-order chi connectivity index (χ0) is 10.8. The molecule has 2 aliphatic heterocycles. The molecule has 0 saturated carbocycles. The summed E-state index contributed by atoms with van der Waals surface area (Å²) >= 11 is 0. The van der Waals surface area contributed by atoms with Gasteiger partial charge in [-0.2, -0.15) is 0 Å². The number of ether oxygens (including phenoxy) is 1. The third-order valence-corrected chi connectivity index (χ3v) is 2.82. The molecule has 0 radical (unpaired) electrons. The van der Waals surface area contributed by atoms with Crippen molar-refractivity contribution < 1.29 is 9.53 Å². The molecule has 14 heavy (non-hydrogen) atoms. The van der Waals surface area contributed by atoms with E-state index in [2.05, 4.69) is 24.2 Å². The van der Waals surface area contributed by atoms with Crippen LogP contribution in [0.3, 0.4) is 0 Å². The van der Waals surface area contributed by atoms with Crippen LogP contribution in [0.15, 0.2) is 0 Å². The molecule has 1 N–H and O–H groups in total. The van der Waals surface area contributed by atoms with E-state index in [-0.39, 0.29) is 11.7 Å². The average Bonchev–Trinajstić information content (AvgIpc) is 2.62. The van der Waals surface area contributed by atoms with Gasteiger partial charge in [-0.05, 0) is 14.0 Å². The fourth-order valence-electron chi connectivity index (χ4n) is 2.07. The second-order valence-electron chi connectivity index (χ2n) is 3.89. The molecule has 0 aliphatic carbocycles. The highest BCUT2D eigenvalue weighted by Gasteiger charge is 2.47. The van der Waals surface area contributed by atoms with Crippen LogP contribution in [-0.4, -0.2) is 42.8 Å². The first-order chi connectivity index (χ1) is 6.61. The van der Waals surface area contributed by atoms with Gasteiger partial charge in [-0.3, -0.25) is 4.90 Å². The molecule has 2 atom stereocenters. The number of carbonyl (C=O) groups excluding carboxylic acids is 1. The minimum absolute atomic E-state index is 0.231. The zero-order valence-corrected chi connectivity index (χ0v) is 9.46. The van der Waals surface area contributed by atoms with E-state index >= 15 is 0 Å². The molecule has 82 valence electrons. The number of amides is 1. The molecule has 2 unspecified atom stereocenters. The van der Waals surface area contributed by atoms with Crippen LogP contribution in [-0.2, 0) is 4.74 Å². The van der Waals surface area contributed by atoms with Crippen molar-refractivity contribution in [1.29, 1.82) is 0 Å². The van der Waals surface area contributed by atoms with Crippen molar-refractivity contribution in [2.75, 3.05) is 20.1 Å². The number of alkyl carbamates (subject to hydrolysis) is 1. The summed E-state index contributed by atoms with van der Waals surface area (Å²) in [6.07, 6.45) is 0.680. The molecule has 0 aromatic rings. The van der Waals surface area contributed by atoms with Gasteiger partial charge in [0.15, 0.2) is 0 Å². The normalized spacial score (nSPS) is 36.3. The minimum atomic E-state index is -0.266. The Balaban J connectivity index is 0.000000461. The van der Waals surface area contributed by atoms with E-state index in [0.29, 0.717) is 12.6 Å². The Morgan fingerprint density at radius 2 is 2.21 bits per heavy atom. The van der Waals surface area contributed by atoms with E-state index in [1.54, 1.807) is 0 Å². The van der Waals surface area contributed by atoms with Gasteiger partial charge in [0, 0.05) is 19.0 Å². The summed E-state index contributed by atoms with van der Waals surface area (Å²) in [5.41, 5.74) is -0.231. The fraction of sp³-hybridized carbons (Fsp3) is 0.900. The SMILES string of the molecule is CC.CC1CC2(CNC(=O)O2)CN1C. The monoisotopic (exact) mass is 200 g/mol. The first kappa shape index (κ1) is 11.3. The predicted molar refractivity (Wildman–Crippen MR) is 55.3 cm³/mol. The number of likely N-dealkylation sites (N-methyl/N-ethyl adjacent to an activating group) is 1. The van der Waals surface area contributed by atoms with Crippen molar-refractivity contribution in [3.05, 3.63) is 0 Å². The fourth-order valence-corrected chi connectivity index (χ4v) is 2.07. The van der Waals surface area contributed by atoms with Gasteiger partial charge in [0.1, 0.15) is 5.60 Å². The lowest BCUT2D eigenvalue weighted by Gasteiger charge is -2.18. The van der Waals surface area contributed by atoms with Crippen LogP contribution >= 0.6 is 0 Å². The minimum Gasteiger partial charge on any atom is -0.440 e. The van der Waals surface area contributed by atoms with Crippen LogP contribution in [0.25, 0.3) is 0 Å². The van der Waals surface area contributed by atoms with Crippen LogP contribution in [0.2, 0.25) is 0 Å². The van der Waals surface area contributed by atoms with Crippen molar-refractivity contribution >= 4 is 6.09 Å². The van der Waals surface area contributed by atoms with E-state index < -0.39 is 0 Å². The number of nitrogens with one attached hydrogen (secondary N) is 1. The summed E-state index contributed by atoms with van der Waals surface area (Å²) in [6.45, 7) is 7.67. The number of likely N-dealkylation sites (tertiary alicyclic amines) is 1. The molecule has 2 heterocycles. The molecule has 4 heteroatoms. The van der Waals surface area contributed by atoms with Gasteiger partial charge in [0.2, 0.25) is 0 Å². The maximum atomic E-state index is 10.9. The Bertz CT molecular complexity index is 208. The van der Waals surface area contributed by atoms with Gasteiger partial charge in [-0.15, -0.1) is 0 Å². The number of nitrogens with zero attached hydrogens (tertiary/aromatic N) is 1. The van der Waals surface area contributed by atoms with E-state index in [1.165, 1.54) is 0 Å². The highest BCUT2D eigenvalue weighted by Crippen LogP contribution is 2.31. The Morgan fingerprint density at radius 1 is 1.57 bits per heavy atom. The third kappa shape index (κ3) is 2.00. The van der Waals surface area contributed by atoms with Crippen molar-refractivity contribution in [1.82, 2.24) is 10.2 Å². The lowest BCUT2D eigenvalue weighted by molar-refractivity contribution is 0.0656. The summed E-state index contributed by atoms with van der Waals surface area (Å²) in [7, 11) is 2.06. The Labute approximate surface area is 85.6 Å². The zero-order valence-electron chi connectivity index (χ0n) is 9.46. The Kier molecular flexibility index (Phi) is 3.37. The molecule has 0 aromatic heterocycles. The van der Waals surface area contributed by atoms with E-state index in [0.717, 1.165) is 13.0 Å². The number of rotatable bonds is 0. The summed E-state index contributed by atoms with van der Waals surface area (Å²) in [4.78, 5) is 13.1. The lowest BCUT2D eigenvalue weighted by atomic mass is 10.0. The summed E-state index contributed by atoms with van der Waals surface area (Å²) in [6, 6.07) is 0.512. The molecule has 2 fully saturated rings. The molecule has 2 rings (SSSR count). The summed E-state index contributed by atoms with van der Waals surface area (Å²) in [5.74, 6) is 0. The van der Waals surface area contributed by atoms with E-state index in [1.807, 2.05) is 13.8 Å². The van der Waals surface area contributed by atoms with Crippen molar-refractivity contribution in [3.63, 3.8) is 0 Å². The predicted octanol–water partition coefficient (Wildman–Crippen LogP) is 1.22. The first-order valence-electron chi connectivity index (χ1n) is 5.28. The van der Waals surface area contributed by atoms with Crippen LogP contribution in [0, 0.1) is 0 Å². The molecule has 1 spiro atoms. The highest BCUT2D eigenvalue weighted by atomic mass is 16.6. The van der Waals surface area contributed by atoms with Crippen LogP contribution in [0.4, 0.5) is 4.79 Å². The quantitative estimate of drug-likeness (QED) is 0.639. The Hall–Kier alpha value is -0.770. The molecule has 1 amide bonds. The molecule has 2 saturated heterocycles. The second-order valence-corrected chi connectivity index (χ2v) is 3.89. The maximum absolute atomic E-state index is 10.9. The first-order valence-corrected chi connectivity index (χ1v) is 5.28. The van der Waals surface area contributed by atoms with Gasteiger partial charge >= 0.3 is 6.09 Å². The van der Waals surface area contributed by atoms with Gasteiger partial charge in [0.25, 0.3) is 0 Å². The van der Waals surface area contributed by atoms with Gasteiger partial charge in [-0.1, -0.05) is 13.8 Å². The standard InChI is InChI=1S/C8H14N2O2.C2H6/c1-6-3-8(5-10(6)2)4-9-7(11)12-8;1-2/h6H,3-5H2,1-2H3,(H,9,11);1-2H3. The lowest BCUT2D eigenvalue weighted by Crippen LogP contribution is -2.35. The van der Waals surface area contributed by atoms with Gasteiger partial charge in [-0.25, -0.2) is 4.79 Å². The molecule has 2 aliphatic rings.